The zero-order valence-corrected chi connectivity index (χ0v) is 13.0. The van der Waals surface area contributed by atoms with Crippen LogP contribution in [-0.2, 0) is 19.6 Å². The largest absolute Gasteiger partial charge is 0.481 e. The Morgan fingerprint density at radius 2 is 1.86 bits per heavy atom. The summed E-state index contributed by atoms with van der Waals surface area (Å²) in [6, 6.07) is -0.247. The SMILES string of the molecule is CS(=O)(=O)N1CCCC(C(=O)N2CCCC2CC(=O)O)C1. The molecule has 0 saturated carbocycles. The minimum Gasteiger partial charge on any atom is -0.481 e. The summed E-state index contributed by atoms with van der Waals surface area (Å²) in [4.78, 5) is 25.1. The highest BCUT2D eigenvalue weighted by Crippen LogP contribution is 2.26. The van der Waals surface area contributed by atoms with Gasteiger partial charge in [-0.05, 0) is 25.7 Å². The van der Waals surface area contributed by atoms with E-state index in [9.17, 15) is 18.0 Å². The molecule has 2 saturated heterocycles. The summed E-state index contributed by atoms with van der Waals surface area (Å²) in [5.74, 6) is -1.34. The van der Waals surface area contributed by atoms with E-state index in [0.29, 0.717) is 32.4 Å². The summed E-state index contributed by atoms with van der Waals surface area (Å²) >= 11 is 0. The summed E-state index contributed by atoms with van der Waals surface area (Å²) in [6.45, 7) is 1.25. The fourth-order valence-electron chi connectivity index (χ4n) is 3.22. The molecular weight excluding hydrogens is 296 g/mol. The molecule has 120 valence electrons. The van der Waals surface area contributed by atoms with Crippen molar-refractivity contribution in [3.63, 3.8) is 0 Å². The Morgan fingerprint density at radius 3 is 2.48 bits per heavy atom. The number of likely N-dealkylation sites (tertiary alicyclic amines) is 1. The molecule has 2 rings (SSSR count). The van der Waals surface area contributed by atoms with Crippen molar-refractivity contribution in [2.45, 2.75) is 38.1 Å². The highest BCUT2D eigenvalue weighted by atomic mass is 32.2. The van der Waals surface area contributed by atoms with Crippen LogP contribution in [-0.4, -0.2) is 66.5 Å². The first-order valence-electron chi connectivity index (χ1n) is 7.26. The quantitative estimate of drug-likeness (QED) is 0.794. The molecule has 2 unspecified atom stereocenters. The number of rotatable bonds is 4. The normalized spacial score (nSPS) is 27.8. The lowest BCUT2D eigenvalue weighted by molar-refractivity contribution is -0.141. The number of hydrogen-bond acceptors (Lipinski definition) is 4. The predicted molar refractivity (Wildman–Crippen MR) is 76.1 cm³/mol. The molecule has 2 heterocycles. The van der Waals surface area contributed by atoms with Gasteiger partial charge < -0.3 is 10.0 Å². The van der Waals surface area contributed by atoms with E-state index in [2.05, 4.69) is 0 Å². The van der Waals surface area contributed by atoms with Crippen LogP contribution in [0, 0.1) is 5.92 Å². The Balaban J connectivity index is 2.03. The topological polar surface area (TPSA) is 95.0 Å². The van der Waals surface area contributed by atoms with Gasteiger partial charge in [-0.2, -0.15) is 0 Å². The molecule has 0 aliphatic carbocycles. The highest BCUT2D eigenvalue weighted by molar-refractivity contribution is 7.88. The molecular formula is C13H22N2O5S. The van der Waals surface area contributed by atoms with Crippen molar-refractivity contribution in [1.82, 2.24) is 9.21 Å². The zero-order chi connectivity index (χ0) is 15.6. The van der Waals surface area contributed by atoms with Gasteiger partial charge in [-0.3, -0.25) is 9.59 Å². The maximum Gasteiger partial charge on any atom is 0.305 e. The third-order valence-corrected chi connectivity index (χ3v) is 5.54. The lowest BCUT2D eigenvalue weighted by atomic mass is 9.97. The molecule has 2 fully saturated rings. The van der Waals surface area contributed by atoms with Gasteiger partial charge in [-0.25, -0.2) is 12.7 Å². The summed E-state index contributed by atoms with van der Waals surface area (Å²) in [6.07, 6.45) is 3.98. The van der Waals surface area contributed by atoms with Crippen molar-refractivity contribution in [2.75, 3.05) is 25.9 Å². The van der Waals surface area contributed by atoms with Crippen LogP contribution in [0.4, 0.5) is 0 Å². The van der Waals surface area contributed by atoms with Gasteiger partial charge in [0, 0.05) is 25.7 Å². The van der Waals surface area contributed by atoms with Crippen LogP contribution in [0.15, 0.2) is 0 Å². The van der Waals surface area contributed by atoms with Crippen molar-refractivity contribution < 1.29 is 23.1 Å². The molecule has 0 bridgehead atoms. The van der Waals surface area contributed by atoms with Gasteiger partial charge in [0.25, 0.3) is 0 Å². The number of carbonyl (C=O) groups excluding carboxylic acids is 1. The van der Waals surface area contributed by atoms with Crippen molar-refractivity contribution in [3.8, 4) is 0 Å². The first-order chi connectivity index (χ1) is 9.79. The van der Waals surface area contributed by atoms with Crippen LogP contribution in [0.25, 0.3) is 0 Å². The monoisotopic (exact) mass is 318 g/mol. The maximum absolute atomic E-state index is 12.6. The molecule has 0 aromatic carbocycles. The molecule has 1 N–H and O–H groups in total. The van der Waals surface area contributed by atoms with E-state index >= 15 is 0 Å². The van der Waals surface area contributed by atoms with E-state index in [1.807, 2.05) is 0 Å². The molecule has 2 aliphatic rings. The van der Waals surface area contributed by atoms with Crippen LogP contribution in [0.1, 0.15) is 32.1 Å². The molecule has 0 aromatic rings. The van der Waals surface area contributed by atoms with Crippen molar-refractivity contribution >= 4 is 21.9 Å². The third-order valence-electron chi connectivity index (χ3n) is 4.27. The first-order valence-corrected chi connectivity index (χ1v) is 9.11. The van der Waals surface area contributed by atoms with Crippen molar-refractivity contribution in [2.24, 2.45) is 5.92 Å². The van der Waals surface area contributed by atoms with Crippen molar-refractivity contribution in [3.05, 3.63) is 0 Å². The van der Waals surface area contributed by atoms with E-state index in [1.54, 1.807) is 4.90 Å². The van der Waals surface area contributed by atoms with Crippen molar-refractivity contribution in [1.29, 1.82) is 0 Å². The van der Waals surface area contributed by atoms with Crippen LogP contribution in [0.3, 0.4) is 0 Å². The van der Waals surface area contributed by atoms with Gasteiger partial charge in [0.05, 0.1) is 18.6 Å². The number of carboxylic acid groups (broad SMARTS) is 1. The Hall–Kier alpha value is -1.15. The van der Waals surface area contributed by atoms with Gasteiger partial charge in [0.1, 0.15) is 0 Å². The van der Waals surface area contributed by atoms with Crippen LogP contribution < -0.4 is 0 Å². The summed E-state index contributed by atoms with van der Waals surface area (Å²) in [5, 5.41) is 8.91. The van der Waals surface area contributed by atoms with E-state index in [0.717, 1.165) is 12.7 Å². The second-order valence-electron chi connectivity index (χ2n) is 5.89. The van der Waals surface area contributed by atoms with Crippen LogP contribution in [0.2, 0.25) is 0 Å². The second kappa shape index (κ2) is 6.31. The Kier molecular flexibility index (Phi) is 4.88. The zero-order valence-electron chi connectivity index (χ0n) is 12.2. The summed E-state index contributed by atoms with van der Waals surface area (Å²) < 4.78 is 24.6. The number of piperidine rings is 1. The number of sulfonamides is 1. The molecule has 21 heavy (non-hydrogen) atoms. The van der Waals surface area contributed by atoms with Gasteiger partial charge in [-0.15, -0.1) is 0 Å². The van der Waals surface area contributed by atoms with E-state index in [-0.39, 0.29) is 30.8 Å². The average Bonchev–Trinajstić information content (AvgIpc) is 2.84. The Labute approximate surface area is 125 Å². The second-order valence-corrected chi connectivity index (χ2v) is 7.87. The molecule has 7 nitrogen and oxygen atoms in total. The molecule has 0 aromatic heterocycles. The molecule has 2 aliphatic heterocycles. The fourth-order valence-corrected chi connectivity index (χ4v) is 4.13. The third kappa shape index (κ3) is 3.94. The number of amides is 1. The van der Waals surface area contributed by atoms with Gasteiger partial charge in [-0.1, -0.05) is 0 Å². The minimum absolute atomic E-state index is 0.0335. The number of carboxylic acids is 1. The number of aliphatic carboxylic acids is 1. The summed E-state index contributed by atoms with van der Waals surface area (Å²) in [5.41, 5.74) is 0. The molecule has 2 atom stereocenters. The fraction of sp³-hybridized carbons (Fsp3) is 0.846. The highest BCUT2D eigenvalue weighted by Gasteiger charge is 2.37. The van der Waals surface area contributed by atoms with E-state index in [1.165, 1.54) is 4.31 Å². The molecule has 0 spiro atoms. The molecule has 1 amide bonds. The average molecular weight is 318 g/mol. The standard InChI is InChI=1S/C13H22N2O5S/c1-21(19,20)14-6-2-4-10(9-14)13(18)15-7-3-5-11(15)8-12(16)17/h10-11H,2-9H2,1H3,(H,16,17). The molecule has 0 radical (unpaired) electrons. The maximum atomic E-state index is 12.6. The van der Waals surface area contributed by atoms with E-state index < -0.39 is 16.0 Å². The lowest BCUT2D eigenvalue weighted by Crippen LogP contribution is -2.48. The van der Waals surface area contributed by atoms with Crippen LogP contribution in [0.5, 0.6) is 0 Å². The smallest absolute Gasteiger partial charge is 0.305 e. The number of carbonyl (C=O) groups is 2. The first kappa shape index (κ1) is 16.2. The Morgan fingerprint density at radius 1 is 1.19 bits per heavy atom. The summed E-state index contributed by atoms with van der Waals surface area (Å²) in [7, 11) is -3.28. The predicted octanol–water partition coefficient (Wildman–Crippen LogP) is 0.124. The van der Waals surface area contributed by atoms with Gasteiger partial charge in [0.2, 0.25) is 15.9 Å². The Bertz CT molecular complexity index is 519. The lowest BCUT2D eigenvalue weighted by Gasteiger charge is -2.34. The van der Waals surface area contributed by atoms with Gasteiger partial charge >= 0.3 is 5.97 Å². The molecule has 8 heteroatoms. The van der Waals surface area contributed by atoms with Crippen LogP contribution >= 0.6 is 0 Å². The van der Waals surface area contributed by atoms with E-state index in [4.69, 9.17) is 5.11 Å². The van der Waals surface area contributed by atoms with Gasteiger partial charge in [0.15, 0.2) is 0 Å². The minimum atomic E-state index is -3.28. The number of hydrogen-bond donors (Lipinski definition) is 1. The number of nitrogens with zero attached hydrogens (tertiary/aromatic N) is 2.